The van der Waals surface area contributed by atoms with Crippen LogP contribution >= 0.6 is 23.1 Å². The van der Waals surface area contributed by atoms with Crippen LogP contribution < -0.4 is 0 Å². The van der Waals surface area contributed by atoms with Crippen LogP contribution in [-0.2, 0) is 0 Å². The third-order valence-corrected chi connectivity index (χ3v) is 4.75. The van der Waals surface area contributed by atoms with Crippen molar-refractivity contribution in [3.63, 3.8) is 0 Å². The maximum absolute atomic E-state index is 12.3. The SMILES string of the molecule is O=C(c1cccs1)N1CCS[C@H]1c1ccco1. The molecule has 1 fully saturated rings. The second kappa shape index (κ2) is 4.58. The zero-order valence-electron chi connectivity index (χ0n) is 9.04. The Hall–Kier alpha value is -1.20. The van der Waals surface area contributed by atoms with Gasteiger partial charge in [-0.25, -0.2) is 0 Å². The highest BCUT2D eigenvalue weighted by molar-refractivity contribution is 7.99. The molecule has 1 aliphatic rings. The number of hydrogen-bond acceptors (Lipinski definition) is 4. The summed E-state index contributed by atoms with van der Waals surface area (Å²) < 4.78 is 5.40. The Labute approximate surface area is 107 Å². The van der Waals surface area contributed by atoms with Crippen molar-refractivity contribution < 1.29 is 9.21 Å². The first kappa shape index (κ1) is 10.9. The molecule has 0 unspecified atom stereocenters. The summed E-state index contributed by atoms with van der Waals surface area (Å²) in [5.74, 6) is 1.92. The summed E-state index contributed by atoms with van der Waals surface area (Å²) in [6.07, 6.45) is 1.65. The number of furan rings is 1. The van der Waals surface area contributed by atoms with Crippen LogP contribution in [0.5, 0.6) is 0 Å². The van der Waals surface area contributed by atoms with E-state index in [1.807, 2.05) is 34.5 Å². The lowest BCUT2D eigenvalue weighted by Crippen LogP contribution is -2.29. The molecule has 2 aromatic heterocycles. The predicted molar refractivity (Wildman–Crippen MR) is 69.3 cm³/mol. The molecule has 0 aromatic carbocycles. The van der Waals surface area contributed by atoms with Gasteiger partial charge in [0.2, 0.25) is 0 Å². The molecule has 0 bridgehead atoms. The molecule has 17 heavy (non-hydrogen) atoms. The molecule has 0 saturated carbocycles. The second-order valence-corrected chi connectivity index (χ2v) is 5.85. The lowest BCUT2D eigenvalue weighted by atomic mass is 10.3. The van der Waals surface area contributed by atoms with Crippen molar-refractivity contribution >= 4 is 29.0 Å². The van der Waals surface area contributed by atoms with Crippen LogP contribution in [0.3, 0.4) is 0 Å². The molecule has 5 heteroatoms. The first-order valence-corrected chi connectivity index (χ1v) is 7.28. The predicted octanol–water partition coefficient (Wildman–Crippen LogP) is 3.23. The summed E-state index contributed by atoms with van der Waals surface area (Å²) in [5.41, 5.74) is 0. The van der Waals surface area contributed by atoms with Crippen molar-refractivity contribution in [2.24, 2.45) is 0 Å². The minimum absolute atomic E-state index is 0.0274. The highest BCUT2D eigenvalue weighted by Gasteiger charge is 2.33. The molecule has 0 N–H and O–H groups in total. The number of thiophene rings is 1. The monoisotopic (exact) mass is 265 g/mol. The van der Waals surface area contributed by atoms with Gasteiger partial charge in [0.15, 0.2) is 0 Å². The van der Waals surface area contributed by atoms with Crippen LogP contribution in [0.4, 0.5) is 0 Å². The first-order chi connectivity index (χ1) is 8.36. The third kappa shape index (κ3) is 2.00. The first-order valence-electron chi connectivity index (χ1n) is 5.36. The van der Waals surface area contributed by atoms with E-state index in [1.54, 1.807) is 18.0 Å². The average molecular weight is 265 g/mol. The zero-order valence-corrected chi connectivity index (χ0v) is 10.7. The number of rotatable bonds is 2. The standard InChI is InChI=1S/C12H11NO2S2/c14-11(10-4-2-7-16-10)13-5-8-17-12(13)9-3-1-6-15-9/h1-4,6-7,12H,5,8H2/t12-/m0/s1. The molecule has 1 saturated heterocycles. The largest absolute Gasteiger partial charge is 0.466 e. The normalized spacial score (nSPS) is 19.8. The minimum Gasteiger partial charge on any atom is -0.466 e. The van der Waals surface area contributed by atoms with E-state index in [0.717, 1.165) is 22.9 Å². The van der Waals surface area contributed by atoms with E-state index in [0.29, 0.717) is 0 Å². The topological polar surface area (TPSA) is 33.5 Å². The number of carbonyl (C=O) groups excluding carboxylic acids is 1. The van der Waals surface area contributed by atoms with Gasteiger partial charge in [-0.2, -0.15) is 0 Å². The number of thioether (sulfide) groups is 1. The van der Waals surface area contributed by atoms with E-state index in [-0.39, 0.29) is 11.3 Å². The molecular weight excluding hydrogens is 254 g/mol. The maximum atomic E-state index is 12.3. The van der Waals surface area contributed by atoms with Crippen LogP contribution in [0.25, 0.3) is 0 Å². The van der Waals surface area contributed by atoms with Crippen molar-refractivity contribution in [2.45, 2.75) is 5.37 Å². The molecule has 0 aliphatic carbocycles. The van der Waals surface area contributed by atoms with E-state index >= 15 is 0 Å². The summed E-state index contributed by atoms with van der Waals surface area (Å²) in [5, 5.41) is 1.96. The van der Waals surface area contributed by atoms with E-state index in [1.165, 1.54) is 11.3 Å². The second-order valence-electron chi connectivity index (χ2n) is 3.71. The van der Waals surface area contributed by atoms with Crippen LogP contribution in [0.15, 0.2) is 40.3 Å². The molecule has 0 radical (unpaired) electrons. The third-order valence-electron chi connectivity index (χ3n) is 2.67. The summed E-state index contributed by atoms with van der Waals surface area (Å²) in [7, 11) is 0. The van der Waals surface area contributed by atoms with Gasteiger partial charge < -0.3 is 9.32 Å². The van der Waals surface area contributed by atoms with E-state index in [2.05, 4.69) is 0 Å². The lowest BCUT2D eigenvalue weighted by molar-refractivity contribution is 0.0754. The lowest BCUT2D eigenvalue weighted by Gasteiger charge is -2.21. The van der Waals surface area contributed by atoms with Crippen LogP contribution in [0, 0.1) is 0 Å². The Kier molecular flexibility index (Phi) is 2.94. The fourth-order valence-corrected chi connectivity index (χ4v) is 3.77. The van der Waals surface area contributed by atoms with Crippen molar-refractivity contribution in [2.75, 3.05) is 12.3 Å². The molecule has 3 rings (SSSR count). The number of carbonyl (C=O) groups is 1. The Morgan fingerprint density at radius 3 is 3.06 bits per heavy atom. The van der Waals surface area contributed by atoms with E-state index in [4.69, 9.17) is 4.42 Å². The van der Waals surface area contributed by atoms with Gasteiger partial charge in [0, 0.05) is 12.3 Å². The van der Waals surface area contributed by atoms with Crippen molar-refractivity contribution in [1.82, 2.24) is 4.90 Å². The zero-order chi connectivity index (χ0) is 11.7. The fraction of sp³-hybridized carbons (Fsp3) is 0.250. The van der Waals surface area contributed by atoms with Crippen LogP contribution in [0.1, 0.15) is 20.8 Å². The number of hydrogen-bond donors (Lipinski definition) is 0. The van der Waals surface area contributed by atoms with Crippen LogP contribution in [0.2, 0.25) is 0 Å². The average Bonchev–Trinajstić information content (AvgIpc) is 3.09. The van der Waals surface area contributed by atoms with E-state index < -0.39 is 0 Å². The van der Waals surface area contributed by atoms with Crippen molar-refractivity contribution in [3.05, 3.63) is 46.5 Å². The molecule has 3 nitrogen and oxygen atoms in total. The Bertz CT molecular complexity index is 493. The smallest absolute Gasteiger partial charge is 0.265 e. The van der Waals surface area contributed by atoms with Gasteiger partial charge in [0.05, 0.1) is 11.1 Å². The Morgan fingerprint density at radius 2 is 2.35 bits per heavy atom. The Morgan fingerprint density at radius 1 is 1.41 bits per heavy atom. The molecule has 3 heterocycles. The number of nitrogens with zero attached hydrogens (tertiary/aromatic N) is 1. The molecule has 0 spiro atoms. The van der Waals surface area contributed by atoms with Gasteiger partial charge in [-0.15, -0.1) is 23.1 Å². The van der Waals surface area contributed by atoms with Gasteiger partial charge in [0.25, 0.3) is 5.91 Å². The highest BCUT2D eigenvalue weighted by Crippen LogP contribution is 2.39. The molecule has 2 aromatic rings. The quantitative estimate of drug-likeness (QED) is 0.836. The molecule has 88 valence electrons. The molecule has 1 amide bonds. The minimum atomic E-state index is 0.0274. The summed E-state index contributed by atoms with van der Waals surface area (Å²) in [4.78, 5) is 15.0. The fourth-order valence-electron chi connectivity index (χ4n) is 1.89. The van der Waals surface area contributed by atoms with Gasteiger partial charge in [-0.3, -0.25) is 4.79 Å². The number of amides is 1. The van der Waals surface area contributed by atoms with Crippen LogP contribution in [-0.4, -0.2) is 23.1 Å². The maximum Gasteiger partial charge on any atom is 0.265 e. The summed E-state index contributed by atoms with van der Waals surface area (Å²) in [6, 6.07) is 7.57. The molecule has 1 aliphatic heterocycles. The van der Waals surface area contributed by atoms with Gasteiger partial charge in [-0.05, 0) is 23.6 Å². The van der Waals surface area contributed by atoms with Crippen molar-refractivity contribution in [1.29, 1.82) is 0 Å². The van der Waals surface area contributed by atoms with E-state index in [9.17, 15) is 4.79 Å². The molecular formula is C12H11NO2S2. The summed E-state index contributed by atoms with van der Waals surface area (Å²) in [6.45, 7) is 0.784. The summed E-state index contributed by atoms with van der Waals surface area (Å²) >= 11 is 3.24. The van der Waals surface area contributed by atoms with Gasteiger partial charge in [0.1, 0.15) is 11.1 Å². The highest BCUT2D eigenvalue weighted by atomic mass is 32.2. The Balaban J connectivity index is 1.85. The molecule has 1 atom stereocenters. The van der Waals surface area contributed by atoms with Crippen molar-refractivity contribution in [3.8, 4) is 0 Å². The van der Waals surface area contributed by atoms with Gasteiger partial charge in [-0.1, -0.05) is 6.07 Å². The van der Waals surface area contributed by atoms with Gasteiger partial charge >= 0.3 is 0 Å².